The van der Waals surface area contributed by atoms with Gasteiger partial charge >= 0.3 is 0 Å². The number of halogens is 2. The maximum atomic E-state index is 13.1. The fourth-order valence-electron chi connectivity index (χ4n) is 3.20. The van der Waals surface area contributed by atoms with Crippen LogP contribution in [0.2, 0.25) is 0 Å². The summed E-state index contributed by atoms with van der Waals surface area (Å²) < 4.78 is 26.8. The standard InChI is InChI=1S/C21H21F2N5OS2/c22-16-3-1-15(2-4-16)13-24-20-25-26-21(31-20)30-14-19(29)28-11-9-27(10-12-28)18-7-5-17(23)6-8-18/h1-8H,9-14H2,(H,24,25). The lowest BCUT2D eigenvalue weighted by Crippen LogP contribution is -2.49. The maximum absolute atomic E-state index is 13.1. The Kier molecular flexibility index (Phi) is 6.98. The van der Waals surface area contributed by atoms with Crippen LogP contribution in [0, 0.1) is 11.6 Å². The van der Waals surface area contributed by atoms with Crippen LogP contribution in [0.3, 0.4) is 0 Å². The minimum Gasteiger partial charge on any atom is -0.368 e. The third kappa shape index (κ3) is 5.92. The summed E-state index contributed by atoms with van der Waals surface area (Å²) in [5.41, 5.74) is 1.91. The van der Waals surface area contributed by atoms with Gasteiger partial charge < -0.3 is 15.1 Å². The van der Waals surface area contributed by atoms with Gasteiger partial charge in [0.1, 0.15) is 11.6 Å². The molecule has 162 valence electrons. The number of rotatable bonds is 7. The number of piperazine rings is 1. The number of hydrogen-bond acceptors (Lipinski definition) is 7. The number of thioether (sulfide) groups is 1. The number of nitrogens with zero attached hydrogens (tertiary/aromatic N) is 4. The molecule has 6 nitrogen and oxygen atoms in total. The molecule has 0 bridgehead atoms. The van der Waals surface area contributed by atoms with Crippen LogP contribution >= 0.6 is 23.1 Å². The zero-order valence-corrected chi connectivity index (χ0v) is 18.3. The van der Waals surface area contributed by atoms with Crippen molar-refractivity contribution in [2.45, 2.75) is 10.9 Å². The third-order valence-corrected chi connectivity index (χ3v) is 6.91. The van der Waals surface area contributed by atoms with Crippen LogP contribution in [0.4, 0.5) is 19.6 Å². The van der Waals surface area contributed by atoms with E-state index in [1.165, 1.54) is 47.4 Å². The largest absolute Gasteiger partial charge is 0.368 e. The highest BCUT2D eigenvalue weighted by atomic mass is 32.2. The van der Waals surface area contributed by atoms with Crippen LogP contribution in [0.1, 0.15) is 5.56 Å². The Morgan fingerprint density at radius 3 is 2.29 bits per heavy atom. The lowest BCUT2D eigenvalue weighted by molar-refractivity contribution is -0.128. The smallest absolute Gasteiger partial charge is 0.233 e. The molecule has 4 rings (SSSR count). The lowest BCUT2D eigenvalue weighted by atomic mass is 10.2. The van der Waals surface area contributed by atoms with Gasteiger partial charge in [0.25, 0.3) is 0 Å². The van der Waals surface area contributed by atoms with Gasteiger partial charge in [0.2, 0.25) is 11.0 Å². The van der Waals surface area contributed by atoms with E-state index in [1.807, 2.05) is 4.90 Å². The molecule has 1 fully saturated rings. The van der Waals surface area contributed by atoms with Crippen molar-refractivity contribution >= 4 is 39.8 Å². The number of anilines is 2. The van der Waals surface area contributed by atoms with Crippen LogP contribution < -0.4 is 10.2 Å². The fourth-order valence-corrected chi connectivity index (χ4v) is 4.85. The van der Waals surface area contributed by atoms with Crippen molar-refractivity contribution in [3.05, 3.63) is 65.7 Å². The number of nitrogens with one attached hydrogen (secondary N) is 1. The summed E-state index contributed by atoms with van der Waals surface area (Å²) in [5, 5.41) is 12.0. The van der Waals surface area contributed by atoms with E-state index in [0.29, 0.717) is 30.5 Å². The van der Waals surface area contributed by atoms with Gasteiger partial charge in [-0.1, -0.05) is 35.2 Å². The molecule has 10 heteroatoms. The Morgan fingerprint density at radius 2 is 1.61 bits per heavy atom. The van der Waals surface area contributed by atoms with Gasteiger partial charge in [0, 0.05) is 38.4 Å². The van der Waals surface area contributed by atoms with Gasteiger partial charge in [-0.25, -0.2) is 8.78 Å². The number of benzene rings is 2. The van der Waals surface area contributed by atoms with Crippen molar-refractivity contribution in [3.8, 4) is 0 Å². The van der Waals surface area contributed by atoms with E-state index in [2.05, 4.69) is 20.4 Å². The summed E-state index contributed by atoms with van der Waals surface area (Å²) in [7, 11) is 0. The van der Waals surface area contributed by atoms with Crippen molar-refractivity contribution in [2.75, 3.05) is 42.1 Å². The van der Waals surface area contributed by atoms with Crippen LogP contribution in [0.5, 0.6) is 0 Å². The molecular formula is C21H21F2N5OS2. The minimum absolute atomic E-state index is 0.0692. The number of hydrogen-bond donors (Lipinski definition) is 1. The van der Waals surface area contributed by atoms with E-state index in [9.17, 15) is 13.6 Å². The van der Waals surface area contributed by atoms with Crippen LogP contribution in [-0.2, 0) is 11.3 Å². The number of carbonyl (C=O) groups is 1. The van der Waals surface area contributed by atoms with Crippen molar-refractivity contribution < 1.29 is 13.6 Å². The number of carbonyl (C=O) groups excluding carboxylic acids is 1. The number of aromatic nitrogens is 2. The molecule has 3 aromatic rings. The molecular weight excluding hydrogens is 440 g/mol. The predicted octanol–water partition coefficient (Wildman–Crippen LogP) is 3.87. The molecule has 0 saturated carbocycles. The quantitative estimate of drug-likeness (QED) is 0.539. The molecule has 1 N–H and O–H groups in total. The molecule has 1 amide bonds. The van der Waals surface area contributed by atoms with Crippen molar-refractivity contribution in [1.29, 1.82) is 0 Å². The SMILES string of the molecule is O=C(CSc1nnc(NCc2ccc(F)cc2)s1)N1CCN(c2ccc(F)cc2)CC1. The first-order valence-electron chi connectivity index (χ1n) is 9.80. The maximum Gasteiger partial charge on any atom is 0.233 e. The molecule has 0 atom stereocenters. The van der Waals surface area contributed by atoms with Crippen LogP contribution in [0.25, 0.3) is 0 Å². The second-order valence-electron chi connectivity index (χ2n) is 6.99. The Morgan fingerprint density at radius 1 is 0.968 bits per heavy atom. The first kappa shape index (κ1) is 21.5. The molecule has 0 spiro atoms. The van der Waals surface area contributed by atoms with Gasteiger partial charge in [-0.15, -0.1) is 10.2 Å². The van der Waals surface area contributed by atoms with E-state index < -0.39 is 0 Å². The monoisotopic (exact) mass is 461 g/mol. The Labute approximate surface area is 187 Å². The molecule has 2 aromatic carbocycles. The van der Waals surface area contributed by atoms with Gasteiger partial charge in [-0.05, 0) is 42.0 Å². The molecule has 1 aliphatic heterocycles. The Balaban J connectivity index is 1.20. The number of amides is 1. The van der Waals surface area contributed by atoms with Gasteiger partial charge in [0.05, 0.1) is 5.75 Å². The highest BCUT2D eigenvalue weighted by Crippen LogP contribution is 2.26. The van der Waals surface area contributed by atoms with Crippen LogP contribution in [-0.4, -0.2) is 52.9 Å². The summed E-state index contributed by atoms with van der Waals surface area (Å²) in [6.45, 7) is 3.24. The topological polar surface area (TPSA) is 61.4 Å². The zero-order chi connectivity index (χ0) is 21.6. The zero-order valence-electron chi connectivity index (χ0n) is 16.6. The summed E-state index contributed by atoms with van der Waals surface area (Å²) in [6, 6.07) is 12.7. The van der Waals surface area contributed by atoms with Crippen molar-refractivity contribution in [1.82, 2.24) is 15.1 Å². The van der Waals surface area contributed by atoms with E-state index in [-0.39, 0.29) is 17.5 Å². The molecule has 31 heavy (non-hydrogen) atoms. The highest BCUT2D eigenvalue weighted by molar-refractivity contribution is 8.01. The second kappa shape index (κ2) is 10.1. The first-order valence-corrected chi connectivity index (χ1v) is 11.6. The van der Waals surface area contributed by atoms with Gasteiger partial charge in [-0.3, -0.25) is 4.79 Å². The summed E-state index contributed by atoms with van der Waals surface area (Å²) in [5.74, 6) is -0.136. The summed E-state index contributed by atoms with van der Waals surface area (Å²) >= 11 is 2.76. The van der Waals surface area contributed by atoms with Gasteiger partial charge in [0.15, 0.2) is 4.34 Å². The van der Waals surface area contributed by atoms with E-state index in [4.69, 9.17) is 0 Å². The molecule has 1 aromatic heterocycles. The molecule has 0 radical (unpaired) electrons. The molecule has 1 saturated heterocycles. The van der Waals surface area contributed by atoms with E-state index in [0.717, 1.165) is 28.7 Å². The lowest BCUT2D eigenvalue weighted by Gasteiger charge is -2.36. The van der Waals surface area contributed by atoms with Gasteiger partial charge in [-0.2, -0.15) is 0 Å². The molecule has 2 heterocycles. The first-order chi connectivity index (χ1) is 15.1. The minimum atomic E-state index is -0.264. The normalized spacial score (nSPS) is 14.0. The third-order valence-electron chi connectivity index (χ3n) is 4.91. The van der Waals surface area contributed by atoms with Crippen molar-refractivity contribution in [3.63, 3.8) is 0 Å². The average molecular weight is 462 g/mol. The highest BCUT2D eigenvalue weighted by Gasteiger charge is 2.21. The summed E-state index contributed by atoms with van der Waals surface area (Å²) in [4.78, 5) is 16.6. The average Bonchev–Trinajstić information content (AvgIpc) is 3.26. The van der Waals surface area contributed by atoms with Crippen LogP contribution in [0.15, 0.2) is 52.9 Å². The Hall–Kier alpha value is -2.72. The van der Waals surface area contributed by atoms with E-state index >= 15 is 0 Å². The molecule has 0 unspecified atom stereocenters. The Bertz CT molecular complexity index is 1010. The fraction of sp³-hybridized carbons (Fsp3) is 0.286. The predicted molar refractivity (Wildman–Crippen MR) is 120 cm³/mol. The van der Waals surface area contributed by atoms with Crippen molar-refractivity contribution in [2.24, 2.45) is 0 Å². The molecule has 1 aliphatic rings. The second-order valence-corrected chi connectivity index (χ2v) is 9.19. The van der Waals surface area contributed by atoms with E-state index in [1.54, 1.807) is 24.3 Å². The summed E-state index contributed by atoms with van der Waals surface area (Å²) in [6.07, 6.45) is 0. The molecule has 0 aliphatic carbocycles.